The molecule has 5 nitrogen and oxygen atoms in total. The summed E-state index contributed by atoms with van der Waals surface area (Å²) >= 11 is 0. The minimum atomic E-state index is -1.41. The third-order valence-corrected chi connectivity index (χ3v) is 13.1. The zero-order chi connectivity index (χ0) is 42.6. The average Bonchev–Trinajstić information content (AvgIpc) is 3.23. The summed E-state index contributed by atoms with van der Waals surface area (Å²) in [7, 11) is 0. The lowest BCUT2D eigenvalue weighted by Crippen LogP contribution is -2.45. The van der Waals surface area contributed by atoms with Crippen LogP contribution in [-0.2, 0) is 9.59 Å². The number of hydrogen-bond donors (Lipinski definition) is 3. The number of rotatable bonds is 49. The molecule has 5 heteroatoms. The Kier molecular flexibility index (Phi) is 45.1. The number of unbranched alkanes of at least 4 members (excludes halogenated alkanes) is 37. The lowest BCUT2D eigenvalue weighted by Gasteiger charge is -2.31. The van der Waals surface area contributed by atoms with Gasteiger partial charge in [0.1, 0.15) is 17.7 Å². The molecule has 0 aromatic heterocycles. The maximum atomic E-state index is 14.0. The van der Waals surface area contributed by atoms with Gasteiger partial charge in [-0.25, -0.2) is 0 Å². The second kappa shape index (κ2) is 45.7. The van der Waals surface area contributed by atoms with Crippen molar-refractivity contribution in [2.45, 2.75) is 309 Å². The predicted octanol–water partition coefficient (Wildman–Crippen LogP) is 15.9. The van der Waals surface area contributed by atoms with E-state index >= 15 is 0 Å². The van der Waals surface area contributed by atoms with Crippen LogP contribution in [0, 0.1) is 11.8 Å². The fourth-order valence-corrected chi connectivity index (χ4v) is 9.09. The molecule has 0 saturated carbocycles. The van der Waals surface area contributed by atoms with E-state index in [4.69, 9.17) is 0 Å². The van der Waals surface area contributed by atoms with Crippen LogP contribution in [0.4, 0.5) is 0 Å². The molecule has 0 aromatic carbocycles. The maximum Gasteiger partial charge on any atom is 0.139 e. The van der Waals surface area contributed by atoms with Gasteiger partial charge in [-0.2, -0.15) is 0 Å². The van der Waals surface area contributed by atoms with E-state index in [-0.39, 0.29) is 11.6 Å². The summed E-state index contributed by atoms with van der Waals surface area (Å²) < 4.78 is 0. The fraction of sp³-hybridized carbons (Fsp3) is 0.962. The topological polar surface area (TPSA) is 94.8 Å². The van der Waals surface area contributed by atoms with Crippen LogP contribution in [0.1, 0.15) is 297 Å². The van der Waals surface area contributed by atoms with E-state index in [1.807, 2.05) is 0 Å². The first-order chi connectivity index (χ1) is 28.4. The molecule has 58 heavy (non-hydrogen) atoms. The van der Waals surface area contributed by atoms with E-state index in [9.17, 15) is 24.9 Å². The molecule has 0 radical (unpaired) electrons. The normalized spacial score (nSPS) is 13.8. The molecule has 0 bridgehead atoms. The van der Waals surface area contributed by atoms with Crippen molar-refractivity contribution in [2.75, 3.05) is 6.61 Å². The van der Waals surface area contributed by atoms with Gasteiger partial charge in [0.25, 0.3) is 0 Å². The highest BCUT2D eigenvalue weighted by Crippen LogP contribution is 2.30. The van der Waals surface area contributed by atoms with Crippen LogP contribution in [0.15, 0.2) is 0 Å². The molecule has 0 saturated heterocycles. The molecule has 0 aliphatic carbocycles. The Balaban J connectivity index is 4.94. The summed E-state index contributed by atoms with van der Waals surface area (Å²) in [5.74, 6) is -1.54. The molecule has 0 amide bonds. The number of carbonyl (C=O) groups excluding carboxylic acids is 2. The SMILES string of the molecule is CCCCCCCCCCCCCCCCC(C(=O)CCCCCCCCCCCCCCC)C(C(=O)CCCCCCCCCCCCCCC)C(O)[C@@H](O)CO. The highest BCUT2D eigenvalue weighted by atomic mass is 16.4. The first-order valence-electron chi connectivity index (χ1n) is 26.5. The van der Waals surface area contributed by atoms with Crippen LogP contribution in [-0.4, -0.2) is 45.7 Å². The van der Waals surface area contributed by atoms with Gasteiger partial charge in [0.15, 0.2) is 0 Å². The van der Waals surface area contributed by atoms with Crippen LogP contribution in [0.3, 0.4) is 0 Å². The van der Waals surface area contributed by atoms with Crippen LogP contribution in [0.5, 0.6) is 0 Å². The maximum absolute atomic E-state index is 14.0. The summed E-state index contributed by atoms with van der Waals surface area (Å²) in [4.78, 5) is 27.8. The van der Waals surface area contributed by atoms with E-state index in [0.717, 1.165) is 57.8 Å². The van der Waals surface area contributed by atoms with Crippen molar-refractivity contribution in [2.24, 2.45) is 11.8 Å². The summed E-state index contributed by atoms with van der Waals surface area (Å²) in [6.07, 6.45) is 48.5. The van der Waals surface area contributed by atoms with Crippen LogP contribution < -0.4 is 0 Å². The summed E-state index contributed by atoms with van der Waals surface area (Å²) in [5.41, 5.74) is 0. The third kappa shape index (κ3) is 35.9. The zero-order valence-corrected chi connectivity index (χ0v) is 39.6. The minimum absolute atomic E-state index is 0.0747. The van der Waals surface area contributed by atoms with Crippen molar-refractivity contribution in [3.63, 3.8) is 0 Å². The number of Topliss-reactive ketones (excluding diaryl/α,β-unsaturated/α-hetero) is 2. The Morgan fingerprint density at radius 3 is 0.862 bits per heavy atom. The van der Waals surface area contributed by atoms with Crippen molar-refractivity contribution >= 4 is 11.6 Å². The third-order valence-electron chi connectivity index (χ3n) is 13.1. The second-order valence-electron chi connectivity index (χ2n) is 18.7. The van der Waals surface area contributed by atoms with Gasteiger partial charge in [-0.05, 0) is 19.3 Å². The lowest BCUT2D eigenvalue weighted by molar-refractivity contribution is -0.142. The van der Waals surface area contributed by atoms with E-state index in [0.29, 0.717) is 19.3 Å². The molecule has 0 aliphatic rings. The summed E-state index contributed by atoms with van der Waals surface area (Å²) in [5, 5.41) is 31.7. The molecule has 0 heterocycles. The molecular weight excluding hydrogens is 717 g/mol. The van der Waals surface area contributed by atoms with Crippen molar-refractivity contribution in [3.8, 4) is 0 Å². The summed E-state index contributed by atoms with van der Waals surface area (Å²) in [6.45, 7) is 6.20. The van der Waals surface area contributed by atoms with E-state index in [1.165, 1.54) is 199 Å². The van der Waals surface area contributed by atoms with Gasteiger partial charge < -0.3 is 15.3 Å². The Labute approximate surface area is 362 Å². The van der Waals surface area contributed by atoms with Crippen LogP contribution in [0.2, 0.25) is 0 Å². The number of ketones is 2. The van der Waals surface area contributed by atoms with E-state index in [1.54, 1.807) is 0 Å². The van der Waals surface area contributed by atoms with Crippen LogP contribution >= 0.6 is 0 Å². The molecule has 0 spiro atoms. The summed E-state index contributed by atoms with van der Waals surface area (Å²) in [6, 6.07) is 0. The van der Waals surface area contributed by atoms with Crippen molar-refractivity contribution in [3.05, 3.63) is 0 Å². The molecule has 0 fully saturated rings. The highest BCUT2D eigenvalue weighted by molar-refractivity contribution is 5.90. The first kappa shape index (κ1) is 57.2. The van der Waals surface area contributed by atoms with Gasteiger partial charge in [0, 0.05) is 18.8 Å². The Bertz CT molecular complexity index is 844. The Hall–Kier alpha value is -0.780. The molecular formula is C53H104O5. The number of aliphatic hydroxyl groups is 3. The molecule has 4 atom stereocenters. The largest absolute Gasteiger partial charge is 0.394 e. The number of aliphatic hydroxyl groups excluding tert-OH is 3. The Morgan fingerprint density at radius 2 is 0.586 bits per heavy atom. The van der Waals surface area contributed by atoms with Gasteiger partial charge in [-0.3, -0.25) is 9.59 Å². The fourth-order valence-electron chi connectivity index (χ4n) is 9.09. The van der Waals surface area contributed by atoms with Gasteiger partial charge in [0.05, 0.1) is 18.6 Å². The standard InChI is InChI=1S/C53H104O5/c1-4-7-10-13-16-19-22-25-28-29-32-35-38-41-44-48(49(55)45-42-39-36-33-30-26-23-20-17-14-11-8-5-2)52(53(58)51(57)47-54)50(56)46-43-40-37-34-31-27-24-21-18-15-12-9-6-3/h48,51-54,57-58H,4-47H2,1-3H3/t48?,51-,52?,53?/m0/s1. The van der Waals surface area contributed by atoms with Gasteiger partial charge >= 0.3 is 0 Å². The quantitative estimate of drug-likeness (QED) is 0.0531. The number of carbonyl (C=O) groups is 2. The minimum Gasteiger partial charge on any atom is -0.394 e. The zero-order valence-electron chi connectivity index (χ0n) is 39.6. The van der Waals surface area contributed by atoms with E-state index in [2.05, 4.69) is 20.8 Å². The molecule has 0 rings (SSSR count). The molecule has 0 aliphatic heterocycles. The van der Waals surface area contributed by atoms with Crippen molar-refractivity contribution < 1.29 is 24.9 Å². The molecule has 0 aromatic rings. The smallest absolute Gasteiger partial charge is 0.139 e. The number of hydrogen-bond acceptors (Lipinski definition) is 5. The van der Waals surface area contributed by atoms with Gasteiger partial charge in [0.2, 0.25) is 0 Å². The first-order valence-corrected chi connectivity index (χ1v) is 26.5. The van der Waals surface area contributed by atoms with Gasteiger partial charge in [-0.1, -0.05) is 265 Å². The molecule has 346 valence electrons. The van der Waals surface area contributed by atoms with Crippen LogP contribution in [0.25, 0.3) is 0 Å². The van der Waals surface area contributed by atoms with Crippen molar-refractivity contribution in [1.29, 1.82) is 0 Å². The van der Waals surface area contributed by atoms with Gasteiger partial charge in [-0.15, -0.1) is 0 Å². The highest BCUT2D eigenvalue weighted by Gasteiger charge is 2.40. The predicted molar refractivity (Wildman–Crippen MR) is 252 cm³/mol. The molecule has 3 unspecified atom stereocenters. The van der Waals surface area contributed by atoms with E-state index < -0.39 is 30.7 Å². The van der Waals surface area contributed by atoms with Crippen molar-refractivity contribution in [1.82, 2.24) is 0 Å². The second-order valence-corrected chi connectivity index (χ2v) is 18.7. The lowest BCUT2D eigenvalue weighted by atomic mass is 9.75. The Morgan fingerprint density at radius 1 is 0.345 bits per heavy atom. The molecule has 3 N–H and O–H groups in total. The monoisotopic (exact) mass is 821 g/mol. The average molecular weight is 821 g/mol.